The molecule has 7 nitrogen and oxygen atoms in total. The molecule has 2 fully saturated rings. The summed E-state index contributed by atoms with van der Waals surface area (Å²) in [4.78, 5) is 17.8. The van der Waals surface area contributed by atoms with Crippen molar-refractivity contribution in [1.82, 2.24) is 24.0 Å². The number of likely N-dealkylation sites (tertiary alicyclic amines) is 1. The van der Waals surface area contributed by atoms with Crippen molar-refractivity contribution in [1.29, 1.82) is 0 Å². The fourth-order valence-corrected chi connectivity index (χ4v) is 4.08. The highest BCUT2D eigenvalue weighted by molar-refractivity contribution is 6.00. The molecule has 2 saturated heterocycles. The number of morpholine rings is 1. The topological polar surface area (TPSA) is 55.0 Å². The average molecular weight is 345 g/mol. The number of ether oxygens (including phenoxy) is 1. The summed E-state index contributed by atoms with van der Waals surface area (Å²) < 4.78 is 9.17. The molecule has 0 saturated carbocycles. The van der Waals surface area contributed by atoms with E-state index in [1.807, 2.05) is 24.0 Å². The van der Waals surface area contributed by atoms with Gasteiger partial charge in [0, 0.05) is 51.7 Å². The van der Waals surface area contributed by atoms with Crippen LogP contribution in [0.1, 0.15) is 36.0 Å². The van der Waals surface area contributed by atoms with Gasteiger partial charge in [-0.15, -0.1) is 0 Å². The summed E-state index contributed by atoms with van der Waals surface area (Å²) >= 11 is 0. The number of carbonyl (C=O) groups excluding carboxylic acids is 1. The van der Waals surface area contributed by atoms with E-state index >= 15 is 0 Å². The van der Waals surface area contributed by atoms with Crippen LogP contribution in [0.3, 0.4) is 0 Å². The summed E-state index contributed by atoms with van der Waals surface area (Å²) in [5.74, 6) is 0.128. The second-order valence-corrected chi connectivity index (χ2v) is 7.13. The predicted molar refractivity (Wildman–Crippen MR) is 94.7 cm³/mol. The summed E-state index contributed by atoms with van der Waals surface area (Å²) in [6.07, 6.45) is 9.99. The summed E-state index contributed by atoms with van der Waals surface area (Å²) in [5.41, 5.74) is 1.59. The number of amides is 1. The minimum atomic E-state index is 0.128. The van der Waals surface area contributed by atoms with Crippen molar-refractivity contribution in [2.24, 2.45) is 7.05 Å². The Kier molecular flexibility index (Phi) is 4.76. The SMILES string of the molecule is Cn1ccn2ncc(C(=O)N3CCCCC3CCN3CCOCC3)c12. The molecule has 25 heavy (non-hydrogen) atoms. The molecule has 7 heteroatoms. The quantitative estimate of drug-likeness (QED) is 0.840. The van der Waals surface area contributed by atoms with Crippen LogP contribution >= 0.6 is 0 Å². The molecule has 4 rings (SSSR count). The Labute approximate surface area is 148 Å². The Morgan fingerprint density at radius 3 is 2.92 bits per heavy atom. The predicted octanol–water partition coefficient (Wildman–Crippen LogP) is 1.39. The van der Waals surface area contributed by atoms with Crippen molar-refractivity contribution in [3.8, 4) is 0 Å². The van der Waals surface area contributed by atoms with Gasteiger partial charge in [-0.2, -0.15) is 5.10 Å². The van der Waals surface area contributed by atoms with Gasteiger partial charge < -0.3 is 14.2 Å². The third kappa shape index (κ3) is 3.30. The van der Waals surface area contributed by atoms with Crippen molar-refractivity contribution < 1.29 is 9.53 Å². The molecule has 2 aromatic rings. The van der Waals surface area contributed by atoms with Crippen LogP contribution in [0.25, 0.3) is 5.65 Å². The van der Waals surface area contributed by atoms with Gasteiger partial charge in [0.25, 0.3) is 5.91 Å². The van der Waals surface area contributed by atoms with E-state index < -0.39 is 0 Å². The van der Waals surface area contributed by atoms with Crippen molar-refractivity contribution in [3.05, 3.63) is 24.2 Å². The molecule has 0 aliphatic carbocycles. The Bertz CT molecular complexity index is 731. The lowest BCUT2D eigenvalue weighted by Gasteiger charge is -2.37. The molecule has 0 bridgehead atoms. The minimum Gasteiger partial charge on any atom is -0.379 e. The molecule has 0 N–H and O–H groups in total. The van der Waals surface area contributed by atoms with Gasteiger partial charge in [0.2, 0.25) is 0 Å². The van der Waals surface area contributed by atoms with Crippen LogP contribution in [0.4, 0.5) is 0 Å². The summed E-state index contributed by atoms with van der Waals surface area (Å²) in [5, 5.41) is 4.33. The van der Waals surface area contributed by atoms with E-state index in [-0.39, 0.29) is 5.91 Å². The number of rotatable bonds is 4. The number of carbonyl (C=O) groups is 1. The molecule has 136 valence electrons. The van der Waals surface area contributed by atoms with Gasteiger partial charge in [-0.25, -0.2) is 4.52 Å². The van der Waals surface area contributed by atoms with Crippen molar-refractivity contribution >= 4 is 11.6 Å². The highest BCUT2D eigenvalue weighted by atomic mass is 16.5. The second-order valence-electron chi connectivity index (χ2n) is 7.13. The van der Waals surface area contributed by atoms with Gasteiger partial charge in [0.05, 0.1) is 19.4 Å². The number of hydrogen-bond donors (Lipinski definition) is 0. The third-order valence-electron chi connectivity index (χ3n) is 5.54. The van der Waals surface area contributed by atoms with Crippen LogP contribution in [0.15, 0.2) is 18.6 Å². The molecule has 0 aromatic carbocycles. The Balaban J connectivity index is 1.48. The van der Waals surface area contributed by atoms with Crippen LogP contribution in [0.2, 0.25) is 0 Å². The molecule has 0 radical (unpaired) electrons. The highest BCUT2D eigenvalue weighted by Crippen LogP contribution is 2.24. The van der Waals surface area contributed by atoms with Gasteiger partial charge in [0.1, 0.15) is 11.2 Å². The maximum atomic E-state index is 13.2. The van der Waals surface area contributed by atoms with E-state index in [1.54, 1.807) is 10.7 Å². The first-order valence-corrected chi connectivity index (χ1v) is 9.34. The lowest BCUT2D eigenvalue weighted by molar-refractivity contribution is 0.0296. The van der Waals surface area contributed by atoms with Crippen molar-refractivity contribution in [3.63, 3.8) is 0 Å². The smallest absolute Gasteiger partial charge is 0.259 e. The maximum absolute atomic E-state index is 13.2. The molecule has 2 aliphatic heterocycles. The molecule has 1 atom stereocenters. The van der Waals surface area contributed by atoms with E-state index in [2.05, 4.69) is 14.9 Å². The van der Waals surface area contributed by atoms with Crippen LogP contribution in [-0.2, 0) is 11.8 Å². The van der Waals surface area contributed by atoms with Gasteiger partial charge >= 0.3 is 0 Å². The van der Waals surface area contributed by atoms with E-state index in [4.69, 9.17) is 4.74 Å². The van der Waals surface area contributed by atoms with E-state index in [0.717, 1.165) is 64.3 Å². The van der Waals surface area contributed by atoms with Gasteiger partial charge in [-0.3, -0.25) is 9.69 Å². The monoisotopic (exact) mass is 345 g/mol. The van der Waals surface area contributed by atoms with E-state index in [0.29, 0.717) is 11.6 Å². The third-order valence-corrected chi connectivity index (χ3v) is 5.54. The summed E-state index contributed by atoms with van der Waals surface area (Å²) in [7, 11) is 1.96. The van der Waals surface area contributed by atoms with Crippen LogP contribution < -0.4 is 0 Å². The van der Waals surface area contributed by atoms with Crippen LogP contribution in [-0.4, -0.2) is 75.3 Å². The van der Waals surface area contributed by atoms with Crippen LogP contribution in [0.5, 0.6) is 0 Å². The minimum absolute atomic E-state index is 0.128. The van der Waals surface area contributed by atoms with E-state index in [9.17, 15) is 4.79 Å². The average Bonchev–Trinajstić information content (AvgIpc) is 3.24. The molecule has 4 heterocycles. The number of piperidine rings is 1. The zero-order valence-electron chi connectivity index (χ0n) is 14.9. The van der Waals surface area contributed by atoms with Gasteiger partial charge in [0.15, 0.2) is 0 Å². The second kappa shape index (κ2) is 7.17. The van der Waals surface area contributed by atoms with Crippen molar-refractivity contribution in [2.75, 3.05) is 39.4 Å². The standard InChI is InChI=1S/C18H27N5O2/c1-20-8-9-23-17(20)16(14-19-23)18(24)22-6-3-2-4-15(22)5-7-21-10-12-25-13-11-21/h8-9,14-15H,2-7,10-13H2,1H3. The molecular formula is C18H27N5O2. The van der Waals surface area contributed by atoms with Gasteiger partial charge in [-0.1, -0.05) is 0 Å². The normalized spacial score (nSPS) is 22.6. The first kappa shape index (κ1) is 16.6. The fourth-order valence-electron chi connectivity index (χ4n) is 4.08. The number of imidazole rings is 1. The lowest BCUT2D eigenvalue weighted by atomic mass is 9.98. The maximum Gasteiger partial charge on any atom is 0.259 e. The largest absolute Gasteiger partial charge is 0.379 e. The Morgan fingerprint density at radius 1 is 1.24 bits per heavy atom. The number of aromatic nitrogens is 3. The lowest BCUT2D eigenvalue weighted by Crippen LogP contribution is -2.46. The number of hydrogen-bond acceptors (Lipinski definition) is 4. The Morgan fingerprint density at radius 2 is 2.08 bits per heavy atom. The molecule has 1 amide bonds. The van der Waals surface area contributed by atoms with Crippen molar-refractivity contribution in [2.45, 2.75) is 31.7 Å². The molecular weight excluding hydrogens is 318 g/mol. The summed E-state index contributed by atoms with van der Waals surface area (Å²) in [6, 6.07) is 0.333. The number of fused-ring (bicyclic) bond motifs is 1. The zero-order chi connectivity index (χ0) is 17.2. The Hall–Kier alpha value is -1.86. The first-order valence-electron chi connectivity index (χ1n) is 9.34. The highest BCUT2D eigenvalue weighted by Gasteiger charge is 2.30. The molecule has 0 spiro atoms. The number of aryl methyl sites for hydroxylation is 1. The fraction of sp³-hybridized carbons (Fsp3) is 0.667. The molecule has 1 unspecified atom stereocenters. The van der Waals surface area contributed by atoms with E-state index in [1.165, 1.54) is 6.42 Å². The first-order chi connectivity index (χ1) is 12.2. The van der Waals surface area contributed by atoms with Gasteiger partial charge in [-0.05, 0) is 25.7 Å². The van der Waals surface area contributed by atoms with Crippen LogP contribution in [0, 0.1) is 0 Å². The summed E-state index contributed by atoms with van der Waals surface area (Å²) in [6.45, 7) is 5.58. The zero-order valence-corrected chi connectivity index (χ0v) is 14.9. The number of nitrogens with zero attached hydrogens (tertiary/aromatic N) is 5. The molecule has 2 aromatic heterocycles. The molecule has 2 aliphatic rings.